The van der Waals surface area contributed by atoms with Gasteiger partial charge in [0.25, 0.3) is 0 Å². The van der Waals surface area contributed by atoms with Crippen molar-refractivity contribution in [1.82, 2.24) is 0 Å². The van der Waals surface area contributed by atoms with E-state index in [1.165, 1.54) is 0 Å². The van der Waals surface area contributed by atoms with Crippen LogP contribution in [0.2, 0.25) is 0 Å². The van der Waals surface area contributed by atoms with Crippen LogP contribution < -0.4 is 0 Å². The Balaban J connectivity index is 2.91. The second-order valence-electron chi connectivity index (χ2n) is 5.02. The molecule has 0 saturated heterocycles. The number of allylic oxidation sites excluding steroid dienone is 4. The van der Waals surface area contributed by atoms with Crippen molar-refractivity contribution in [2.24, 2.45) is 4.99 Å². The lowest BCUT2D eigenvalue weighted by Gasteiger charge is -2.13. The normalized spacial score (nSPS) is 12.0. The molecule has 0 N–H and O–H groups in total. The Hall–Kier alpha value is -2.92. The maximum atomic E-state index is 9.29. The minimum Gasteiger partial charge on any atom is -0.296 e. The maximum Gasteiger partial charge on any atom is 0.0998 e. The van der Waals surface area contributed by atoms with Crippen LogP contribution in [0.25, 0.3) is 16.3 Å². The molecule has 2 nitrogen and oxygen atoms in total. The molecule has 108 valence electrons. The second kappa shape index (κ2) is 6.69. The molecule has 0 aromatic heterocycles. The van der Waals surface area contributed by atoms with Crippen LogP contribution >= 0.6 is 0 Å². The number of fused-ring (bicyclic) bond motifs is 1. The molecule has 0 bridgehead atoms. The molecular weight excluding hydrogens is 268 g/mol. The lowest BCUT2D eigenvalue weighted by atomic mass is 9.91. The molecule has 0 saturated carbocycles. The van der Waals surface area contributed by atoms with Crippen molar-refractivity contribution in [3.05, 3.63) is 77.9 Å². The van der Waals surface area contributed by atoms with E-state index in [1.54, 1.807) is 13.1 Å². The smallest absolute Gasteiger partial charge is 0.0998 e. The van der Waals surface area contributed by atoms with Gasteiger partial charge in [-0.2, -0.15) is 5.26 Å². The van der Waals surface area contributed by atoms with Crippen LogP contribution in [0.15, 0.2) is 71.8 Å². The first-order valence-corrected chi connectivity index (χ1v) is 7.01. The van der Waals surface area contributed by atoms with Crippen molar-refractivity contribution in [2.75, 3.05) is 7.05 Å². The number of benzene rings is 2. The molecule has 2 heteroatoms. The molecule has 0 atom stereocenters. The number of nitriles is 1. The fourth-order valence-electron chi connectivity index (χ4n) is 2.56. The highest BCUT2D eigenvalue weighted by molar-refractivity contribution is 6.17. The summed E-state index contributed by atoms with van der Waals surface area (Å²) in [6.07, 6.45) is 3.62. The third-order valence-corrected chi connectivity index (χ3v) is 3.55. The van der Waals surface area contributed by atoms with Gasteiger partial charge in [0.15, 0.2) is 0 Å². The molecule has 2 aromatic carbocycles. The Morgan fingerprint density at radius 3 is 2.41 bits per heavy atom. The number of aliphatic imine (C=N–C) groups is 1. The molecule has 0 radical (unpaired) electrons. The van der Waals surface area contributed by atoms with Gasteiger partial charge in [0.2, 0.25) is 0 Å². The van der Waals surface area contributed by atoms with Gasteiger partial charge in [0.05, 0.1) is 11.6 Å². The van der Waals surface area contributed by atoms with E-state index in [0.29, 0.717) is 5.56 Å². The Morgan fingerprint density at radius 1 is 1.18 bits per heavy atom. The molecule has 0 unspecified atom stereocenters. The first-order chi connectivity index (χ1) is 10.6. The van der Waals surface area contributed by atoms with Gasteiger partial charge in [-0.25, -0.2) is 0 Å². The third kappa shape index (κ3) is 2.75. The minimum absolute atomic E-state index is 0.669. The highest BCUT2D eigenvalue weighted by Crippen LogP contribution is 2.30. The fourth-order valence-corrected chi connectivity index (χ4v) is 2.56. The van der Waals surface area contributed by atoms with Crippen LogP contribution in [0.5, 0.6) is 0 Å². The van der Waals surface area contributed by atoms with Gasteiger partial charge in [0, 0.05) is 24.2 Å². The Kier molecular flexibility index (Phi) is 4.70. The summed E-state index contributed by atoms with van der Waals surface area (Å²) in [5.74, 6) is 0. The van der Waals surface area contributed by atoms with Crippen LogP contribution in [0, 0.1) is 11.3 Å². The summed E-state index contributed by atoms with van der Waals surface area (Å²) in [5, 5.41) is 11.3. The molecule has 0 fully saturated rings. The lowest BCUT2D eigenvalue weighted by Crippen LogP contribution is -1.96. The van der Waals surface area contributed by atoms with E-state index in [4.69, 9.17) is 0 Å². The van der Waals surface area contributed by atoms with Crippen molar-refractivity contribution in [2.45, 2.75) is 6.92 Å². The standard InChI is InChI=1S/C20H18N2/c1-5-16(14(2)3)20(13-22-4)19-11-10-15(12-21)17-8-6-7-9-18(17)19/h5-11,13H,1-2H2,3-4H3/b20-16+,22-13?. The Morgan fingerprint density at radius 2 is 1.86 bits per heavy atom. The highest BCUT2D eigenvalue weighted by Gasteiger charge is 2.11. The molecular formula is C20H18N2. The van der Waals surface area contributed by atoms with E-state index in [-0.39, 0.29) is 0 Å². The predicted octanol–water partition coefficient (Wildman–Crippen LogP) is 4.93. The monoisotopic (exact) mass is 286 g/mol. The van der Waals surface area contributed by atoms with Gasteiger partial charge in [-0.3, -0.25) is 4.99 Å². The van der Waals surface area contributed by atoms with Crippen molar-refractivity contribution < 1.29 is 0 Å². The molecule has 2 aromatic rings. The number of hydrogen-bond acceptors (Lipinski definition) is 2. The average Bonchev–Trinajstić information content (AvgIpc) is 2.53. The van der Waals surface area contributed by atoms with Crippen molar-refractivity contribution in [3.8, 4) is 6.07 Å². The second-order valence-corrected chi connectivity index (χ2v) is 5.02. The Bertz CT molecular complexity index is 846. The number of hydrogen-bond donors (Lipinski definition) is 0. The van der Waals surface area contributed by atoms with Gasteiger partial charge in [-0.1, -0.05) is 55.1 Å². The van der Waals surface area contributed by atoms with Gasteiger partial charge >= 0.3 is 0 Å². The van der Waals surface area contributed by atoms with Crippen molar-refractivity contribution >= 4 is 22.6 Å². The van der Waals surface area contributed by atoms with E-state index in [9.17, 15) is 5.26 Å². The quantitative estimate of drug-likeness (QED) is 0.580. The summed E-state index contributed by atoms with van der Waals surface area (Å²) in [5.41, 5.74) is 4.55. The summed E-state index contributed by atoms with van der Waals surface area (Å²) >= 11 is 0. The first-order valence-electron chi connectivity index (χ1n) is 7.01. The molecule has 0 aliphatic rings. The van der Waals surface area contributed by atoms with E-state index >= 15 is 0 Å². The summed E-state index contributed by atoms with van der Waals surface area (Å²) in [7, 11) is 1.74. The zero-order valence-corrected chi connectivity index (χ0v) is 12.9. The molecule has 22 heavy (non-hydrogen) atoms. The van der Waals surface area contributed by atoms with Crippen LogP contribution in [-0.4, -0.2) is 13.3 Å². The van der Waals surface area contributed by atoms with Crippen molar-refractivity contribution in [1.29, 1.82) is 5.26 Å². The molecule has 0 amide bonds. The van der Waals surface area contributed by atoms with Crippen LogP contribution in [0.3, 0.4) is 0 Å². The van der Waals surface area contributed by atoms with Crippen LogP contribution in [-0.2, 0) is 0 Å². The number of rotatable bonds is 4. The van der Waals surface area contributed by atoms with E-state index in [0.717, 1.165) is 33.1 Å². The van der Waals surface area contributed by atoms with E-state index in [2.05, 4.69) is 24.2 Å². The molecule has 0 spiro atoms. The molecule has 0 aliphatic carbocycles. The molecule has 2 rings (SSSR count). The zero-order chi connectivity index (χ0) is 16.1. The lowest BCUT2D eigenvalue weighted by molar-refractivity contribution is 1.44. The van der Waals surface area contributed by atoms with E-state index < -0.39 is 0 Å². The average molecular weight is 286 g/mol. The number of nitrogens with zero attached hydrogens (tertiary/aromatic N) is 2. The predicted molar refractivity (Wildman–Crippen MR) is 95.0 cm³/mol. The minimum atomic E-state index is 0.669. The molecule has 0 aliphatic heterocycles. The fraction of sp³-hybridized carbons (Fsp3) is 0.100. The summed E-state index contributed by atoms with van der Waals surface area (Å²) in [6, 6.07) is 14.0. The Labute approximate surface area is 131 Å². The summed E-state index contributed by atoms with van der Waals surface area (Å²) in [4.78, 5) is 4.18. The molecule has 0 heterocycles. The van der Waals surface area contributed by atoms with E-state index in [1.807, 2.05) is 49.5 Å². The van der Waals surface area contributed by atoms with Gasteiger partial charge in [-0.15, -0.1) is 0 Å². The third-order valence-electron chi connectivity index (χ3n) is 3.55. The van der Waals surface area contributed by atoms with Gasteiger partial charge in [-0.05, 0) is 29.5 Å². The first kappa shape index (κ1) is 15.5. The maximum absolute atomic E-state index is 9.29. The highest BCUT2D eigenvalue weighted by atomic mass is 14.6. The van der Waals surface area contributed by atoms with Gasteiger partial charge < -0.3 is 0 Å². The zero-order valence-electron chi connectivity index (χ0n) is 12.9. The van der Waals surface area contributed by atoms with Crippen molar-refractivity contribution in [3.63, 3.8) is 0 Å². The summed E-state index contributed by atoms with van der Waals surface area (Å²) in [6.45, 7) is 9.87. The van der Waals surface area contributed by atoms with Gasteiger partial charge in [0.1, 0.15) is 0 Å². The van der Waals surface area contributed by atoms with Crippen LogP contribution in [0.1, 0.15) is 18.1 Å². The largest absolute Gasteiger partial charge is 0.296 e. The SMILES string of the molecule is C=C/C(C(=C)C)=C(/C=NC)c1ccc(C#N)c2ccccc12. The van der Waals surface area contributed by atoms with Crippen LogP contribution in [0.4, 0.5) is 0 Å². The topological polar surface area (TPSA) is 36.1 Å². The summed E-state index contributed by atoms with van der Waals surface area (Å²) < 4.78 is 0.